The zero-order valence-electron chi connectivity index (χ0n) is 17.1. The summed E-state index contributed by atoms with van der Waals surface area (Å²) in [6.45, 7) is 2.18. The lowest BCUT2D eigenvalue weighted by Gasteiger charge is -2.30. The number of hydrogen-bond donors (Lipinski definition) is 1. The number of ether oxygens (including phenoxy) is 2. The maximum absolute atomic E-state index is 13.0. The molecular formula is C25H23Cl2NO3. The highest BCUT2D eigenvalue weighted by Crippen LogP contribution is 2.31. The summed E-state index contributed by atoms with van der Waals surface area (Å²) in [6, 6.07) is 22.7. The van der Waals surface area contributed by atoms with Gasteiger partial charge in [0.25, 0.3) is 5.91 Å². The summed E-state index contributed by atoms with van der Waals surface area (Å²) in [5, 5.41) is 4.50. The third kappa shape index (κ3) is 5.33. The standard InChI is InChI=1S/C25H23Cl2NO3/c1-16(28-25(29)24-15-30-22-4-2-3-5-23(22)31-24)21(18-8-12-20(27)13-9-18)14-17-6-10-19(26)11-7-17/h2-13,16,21,24H,14-15H2,1H3,(H,28,29). The normalized spacial score (nSPS) is 16.9. The van der Waals surface area contributed by atoms with Crippen LogP contribution in [0, 0.1) is 0 Å². The van der Waals surface area contributed by atoms with E-state index in [1.165, 1.54) is 0 Å². The second kappa shape index (κ2) is 9.63. The Morgan fingerprint density at radius 2 is 1.58 bits per heavy atom. The number of carbonyl (C=O) groups is 1. The summed E-state index contributed by atoms with van der Waals surface area (Å²) in [6.07, 6.45) is 0.0456. The molecular weight excluding hydrogens is 433 g/mol. The predicted molar refractivity (Wildman–Crippen MR) is 123 cm³/mol. The Morgan fingerprint density at radius 3 is 2.26 bits per heavy atom. The molecule has 1 aliphatic heterocycles. The molecule has 3 atom stereocenters. The van der Waals surface area contributed by atoms with Gasteiger partial charge in [-0.2, -0.15) is 0 Å². The minimum atomic E-state index is -0.696. The van der Waals surface area contributed by atoms with Crippen LogP contribution in [0.15, 0.2) is 72.8 Å². The SMILES string of the molecule is CC(NC(=O)C1COc2ccccc2O1)C(Cc1ccc(Cl)cc1)c1ccc(Cl)cc1. The van der Waals surface area contributed by atoms with Crippen LogP contribution in [-0.2, 0) is 11.2 Å². The van der Waals surface area contributed by atoms with Crippen LogP contribution < -0.4 is 14.8 Å². The van der Waals surface area contributed by atoms with Gasteiger partial charge in [-0.15, -0.1) is 0 Å². The lowest BCUT2D eigenvalue weighted by Crippen LogP contribution is -2.48. The van der Waals surface area contributed by atoms with Gasteiger partial charge in [0, 0.05) is 22.0 Å². The monoisotopic (exact) mass is 455 g/mol. The van der Waals surface area contributed by atoms with Gasteiger partial charge in [0.15, 0.2) is 11.5 Å². The molecule has 0 saturated heterocycles. The maximum Gasteiger partial charge on any atom is 0.264 e. The molecule has 3 aromatic carbocycles. The summed E-state index contributed by atoms with van der Waals surface area (Å²) in [5.41, 5.74) is 2.23. The Bertz CT molecular complexity index is 1040. The van der Waals surface area contributed by atoms with E-state index in [-0.39, 0.29) is 24.5 Å². The summed E-state index contributed by atoms with van der Waals surface area (Å²) >= 11 is 12.1. The van der Waals surface area contributed by atoms with E-state index in [0.29, 0.717) is 21.5 Å². The second-order valence-corrected chi connectivity index (χ2v) is 8.52. The fraction of sp³-hybridized carbons (Fsp3) is 0.240. The molecule has 1 amide bonds. The predicted octanol–water partition coefficient (Wildman–Crippen LogP) is 5.66. The van der Waals surface area contributed by atoms with Gasteiger partial charge >= 0.3 is 0 Å². The second-order valence-electron chi connectivity index (χ2n) is 7.65. The number of nitrogens with one attached hydrogen (secondary N) is 1. The van der Waals surface area contributed by atoms with Crippen molar-refractivity contribution >= 4 is 29.1 Å². The van der Waals surface area contributed by atoms with Crippen LogP contribution in [0.4, 0.5) is 0 Å². The number of benzene rings is 3. The molecule has 31 heavy (non-hydrogen) atoms. The first-order valence-corrected chi connectivity index (χ1v) is 10.9. The average molecular weight is 456 g/mol. The van der Waals surface area contributed by atoms with Crippen LogP contribution in [0.2, 0.25) is 10.0 Å². The molecule has 1 aliphatic rings. The minimum absolute atomic E-state index is 0.0409. The molecule has 0 bridgehead atoms. The van der Waals surface area contributed by atoms with E-state index in [0.717, 1.165) is 17.5 Å². The number of halogens is 2. The third-order valence-electron chi connectivity index (χ3n) is 5.44. The molecule has 3 unspecified atom stereocenters. The molecule has 0 aromatic heterocycles. The summed E-state index contributed by atoms with van der Waals surface area (Å²) in [7, 11) is 0. The van der Waals surface area contributed by atoms with Crippen LogP contribution >= 0.6 is 23.2 Å². The van der Waals surface area contributed by atoms with Crippen molar-refractivity contribution in [2.45, 2.75) is 31.4 Å². The number of amides is 1. The maximum atomic E-state index is 13.0. The topological polar surface area (TPSA) is 47.6 Å². The fourth-order valence-electron chi connectivity index (χ4n) is 3.73. The highest BCUT2D eigenvalue weighted by molar-refractivity contribution is 6.30. The Kier molecular flexibility index (Phi) is 6.69. The molecule has 4 nitrogen and oxygen atoms in total. The van der Waals surface area contributed by atoms with Crippen molar-refractivity contribution in [3.63, 3.8) is 0 Å². The summed E-state index contributed by atoms with van der Waals surface area (Å²) in [5.74, 6) is 1.08. The van der Waals surface area contributed by atoms with Gasteiger partial charge in [0.2, 0.25) is 6.10 Å². The average Bonchev–Trinajstić information content (AvgIpc) is 2.79. The smallest absolute Gasteiger partial charge is 0.264 e. The largest absolute Gasteiger partial charge is 0.485 e. The van der Waals surface area contributed by atoms with Crippen molar-refractivity contribution in [1.29, 1.82) is 0 Å². The molecule has 0 radical (unpaired) electrons. The molecule has 0 aliphatic carbocycles. The number of rotatable bonds is 6. The molecule has 0 fully saturated rings. The van der Waals surface area contributed by atoms with E-state index in [4.69, 9.17) is 32.7 Å². The van der Waals surface area contributed by atoms with Gasteiger partial charge in [-0.25, -0.2) is 0 Å². The molecule has 160 valence electrons. The Balaban J connectivity index is 1.50. The van der Waals surface area contributed by atoms with Crippen LogP contribution in [0.25, 0.3) is 0 Å². The summed E-state index contributed by atoms with van der Waals surface area (Å²) < 4.78 is 11.5. The quantitative estimate of drug-likeness (QED) is 0.521. The molecule has 1 N–H and O–H groups in total. The third-order valence-corrected chi connectivity index (χ3v) is 5.95. The lowest BCUT2D eigenvalue weighted by molar-refractivity contribution is -0.131. The van der Waals surface area contributed by atoms with Crippen molar-refractivity contribution in [3.8, 4) is 11.5 Å². The highest BCUT2D eigenvalue weighted by Gasteiger charge is 2.30. The van der Waals surface area contributed by atoms with E-state index < -0.39 is 6.10 Å². The number of fused-ring (bicyclic) bond motifs is 1. The van der Waals surface area contributed by atoms with Gasteiger partial charge in [-0.1, -0.05) is 59.6 Å². The van der Waals surface area contributed by atoms with Crippen molar-refractivity contribution < 1.29 is 14.3 Å². The Labute approximate surface area is 192 Å². The van der Waals surface area contributed by atoms with Gasteiger partial charge in [0.1, 0.15) is 6.61 Å². The van der Waals surface area contributed by atoms with Crippen LogP contribution in [0.5, 0.6) is 11.5 Å². The van der Waals surface area contributed by atoms with Crippen LogP contribution in [-0.4, -0.2) is 24.7 Å². The van der Waals surface area contributed by atoms with Gasteiger partial charge in [-0.05, 0) is 60.9 Å². The Morgan fingerprint density at radius 1 is 0.968 bits per heavy atom. The zero-order valence-corrected chi connectivity index (χ0v) is 18.6. The van der Waals surface area contributed by atoms with Crippen LogP contribution in [0.1, 0.15) is 24.0 Å². The van der Waals surface area contributed by atoms with Crippen molar-refractivity contribution in [3.05, 3.63) is 94.0 Å². The number of carbonyl (C=O) groups excluding carboxylic acids is 1. The molecule has 0 spiro atoms. The number of hydrogen-bond acceptors (Lipinski definition) is 3. The Hall–Kier alpha value is -2.69. The van der Waals surface area contributed by atoms with E-state index in [2.05, 4.69) is 5.32 Å². The van der Waals surface area contributed by atoms with Gasteiger partial charge in [0.05, 0.1) is 0 Å². The first kappa shape index (κ1) is 21.5. The molecule has 3 aromatic rings. The van der Waals surface area contributed by atoms with E-state index in [1.807, 2.05) is 73.7 Å². The van der Waals surface area contributed by atoms with Crippen molar-refractivity contribution in [2.24, 2.45) is 0 Å². The fourth-order valence-corrected chi connectivity index (χ4v) is 3.99. The summed E-state index contributed by atoms with van der Waals surface area (Å²) in [4.78, 5) is 13.0. The van der Waals surface area contributed by atoms with Crippen molar-refractivity contribution in [1.82, 2.24) is 5.32 Å². The van der Waals surface area contributed by atoms with Crippen molar-refractivity contribution in [2.75, 3.05) is 6.61 Å². The van der Waals surface area contributed by atoms with E-state index in [1.54, 1.807) is 6.07 Å². The molecule has 6 heteroatoms. The van der Waals surface area contributed by atoms with E-state index in [9.17, 15) is 4.79 Å². The van der Waals surface area contributed by atoms with Gasteiger partial charge < -0.3 is 14.8 Å². The molecule has 0 saturated carbocycles. The number of para-hydroxylation sites is 2. The molecule has 4 rings (SSSR count). The zero-order chi connectivity index (χ0) is 21.8. The van der Waals surface area contributed by atoms with E-state index >= 15 is 0 Å². The first-order chi connectivity index (χ1) is 15.0. The molecule has 1 heterocycles. The van der Waals surface area contributed by atoms with Crippen LogP contribution in [0.3, 0.4) is 0 Å². The van der Waals surface area contributed by atoms with Gasteiger partial charge in [-0.3, -0.25) is 4.79 Å². The first-order valence-electron chi connectivity index (χ1n) is 10.2. The highest BCUT2D eigenvalue weighted by atomic mass is 35.5. The lowest BCUT2D eigenvalue weighted by atomic mass is 9.86. The minimum Gasteiger partial charge on any atom is -0.485 e.